The van der Waals surface area contributed by atoms with Gasteiger partial charge in [0.1, 0.15) is 18.5 Å². The molecule has 0 unspecified atom stereocenters. The SMILES string of the molecule is C[C@H](CO)Oc1ccccc1CCCNC(=O)OCc1ccccc1. The van der Waals surface area contributed by atoms with Crippen molar-refractivity contribution < 1.29 is 19.4 Å². The van der Waals surface area contributed by atoms with Crippen molar-refractivity contribution in [2.45, 2.75) is 32.5 Å². The van der Waals surface area contributed by atoms with E-state index in [2.05, 4.69) is 5.32 Å². The van der Waals surface area contributed by atoms with Crippen LogP contribution < -0.4 is 10.1 Å². The molecule has 0 aromatic heterocycles. The molecule has 0 fully saturated rings. The lowest BCUT2D eigenvalue weighted by molar-refractivity contribution is 0.128. The molecule has 0 radical (unpaired) electrons. The van der Waals surface area contributed by atoms with Crippen LogP contribution in [-0.4, -0.2) is 30.5 Å². The lowest BCUT2D eigenvalue weighted by Gasteiger charge is -2.15. The number of alkyl carbamates (subject to hydrolysis) is 1. The number of aryl methyl sites for hydroxylation is 1. The van der Waals surface area contributed by atoms with Gasteiger partial charge in [-0.05, 0) is 37.0 Å². The molecule has 2 N–H and O–H groups in total. The van der Waals surface area contributed by atoms with Gasteiger partial charge in [0.2, 0.25) is 0 Å². The van der Waals surface area contributed by atoms with Gasteiger partial charge in [0.25, 0.3) is 0 Å². The van der Waals surface area contributed by atoms with Crippen LogP contribution in [0, 0.1) is 0 Å². The van der Waals surface area contributed by atoms with Gasteiger partial charge in [-0.1, -0.05) is 48.5 Å². The van der Waals surface area contributed by atoms with Crippen LogP contribution in [-0.2, 0) is 17.8 Å². The molecule has 5 heteroatoms. The van der Waals surface area contributed by atoms with E-state index in [1.807, 2.05) is 61.5 Å². The number of carbonyl (C=O) groups is 1. The number of ether oxygens (including phenoxy) is 2. The fourth-order valence-corrected chi connectivity index (χ4v) is 2.32. The second-order valence-corrected chi connectivity index (χ2v) is 5.81. The second-order valence-electron chi connectivity index (χ2n) is 5.81. The molecule has 0 bridgehead atoms. The molecule has 2 rings (SSSR count). The van der Waals surface area contributed by atoms with Crippen molar-refractivity contribution in [2.75, 3.05) is 13.2 Å². The predicted molar refractivity (Wildman–Crippen MR) is 96.6 cm³/mol. The Labute approximate surface area is 148 Å². The van der Waals surface area contributed by atoms with Gasteiger partial charge in [0, 0.05) is 6.54 Å². The maximum absolute atomic E-state index is 11.7. The molecular weight excluding hydrogens is 318 g/mol. The highest BCUT2D eigenvalue weighted by molar-refractivity contribution is 5.67. The van der Waals surface area contributed by atoms with Crippen LogP contribution >= 0.6 is 0 Å². The Balaban J connectivity index is 1.69. The van der Waals surface area contributed by atoms with Gasteiger partial charge in [-0.2, -0.15) is 0 Å². The summed E-state index contributed by atoms with van der Waals surface area (Å²) in [7, 11) is 0. The lowest BCUT2D eigenvalue weighted by Crippen LogP contribution is -2.25. The van der Waals surface area contributed by atoms with Crippen molar-refractivity contribution in [1.82, 2.24) is 5.32 Å². The highest BCUT2D eigenvalue weighted by atomic mass is 16.5. The molecule has 2 aromatic carbocycles. The van der Waals surface area contributed by atoms with E-state index in [0.717, 1.165) is 29.7 Å². The van der Waals surface area contributed by atoms with Gasteiger partial charge in [-0.15, -0.1) is 0 Å². The Morgan fingerprint density at radius 2 is 1.84 bits per heavy atom. The third kappa shape index (κ3) is 6.85. The monoisotopic (exact) mass is 343 g/mol. The van der Waals surface area contributed by atoms with Crippen LogP contribution in [0.25, 0.3) is 0 Å². The number of hydrogen-bond acceptors (Lipinski definition) is 4. The third-order valence-corrected chi connectivity index (χ3v) is 3.66. The van der Waals surface area contributed by atoms with Crippen molar-refractivity contribution in [3.8, 4) is 5.75 Å². The molecule has 0 aliphatic heterocycles. The summed E-state index contributed by atoms with van der Waals surface area (Å²) in [6.07, 6.45) is 0.885. The average Bonchev–Trinajstić information content (AvgIpc) is 2.65. The summed E-state index contributed by atoms with van der Waals surface area (Å²) >= 11 is 0. The molecule has 1 amide bonds. The zero-order valence-corrected chi connectivity index (χ0v) is 14.5. The number of carbonyl (C=O) groups excluding carboxylic acids is 1. The van der Waals surface area contributed by atoms with E-state index in [9.17, 15) is 4.79 Å². The lowest BCUT2D eigenvalue weighted by atomic mass is 10.1. The van der Waals surface area contributed by atoms with Crippen LogP contribution in [0.1, 0.15) is 24.5 Å². The molecule has 25 heavy (non-hydrogen) atoms. The fourth-order valence-electron chi connectivity index (χ4n) is 2.32. The summed E-state index contributed by atoms with van der Waals surface area (Å²) < 4.78 is 10.9. The highest BCUT2D eigenvalue weighted by Crippen LogP contribution is 2.20. The quantitative estimate of drug-likeness (QED) is 0.686. The molecule has 5 nitrogen and oxygen atoms in total. The van der Waals surface area contributed by atoms with Gasteiger partial charge >= 0.3 is 6.09 Å². The van der Waals surface area contributed by atoms with E-state index in [-0.39, 0.29) is 19.3 Å². The Morgan fingerprint density at radius 3 is 2.60 bits per heavy atom. The van der Waals surface area contributed by atoms with Crippen LogP contribution in [0.2, 0.25) is 0 Å². The Kier molecular flexibility index (Phi) is 7.79. The Hall–Kier alpha value is -2.53. The van der Waals surface area contributed by atoms with E-state index < -0.39 is 6.09 Å². The number of aliphatic hydroxyl groups is 1. The van der Waals surface area contributed by atoms with Crippen LogP contribution in [0.15, 0.2) is 54.6 Å². The average molecular weight is 343 g/mol. The summed E-state index contributed by atoms with van der Waals surface area (Å²) in [4.78, 5) is 11.7. The summed E-state index contributed by atoms with van der Waals surface area (Å²) in [6, 6.07) is 17.3. The first-order valence-corrected chi connectivity index (χ1v) is 8.49. The standard InChI is InChI=1S/C20H25NO4/c1-16(14-22)25-19-12-6-5-10-18(19)11-7-13-21-20(23)24-15-17-8-3-2-4-9-17/h2-6,8-10,12,16,22H,7,11,13-15H2,1H3,(H,21,23)/t16-/m1/s1. The minimum Gasteiger partial charge on any atom is -0.488 e. The van der Waals surface area contributed by atoms with Crippen molar-refractivity contribution >= 4 is 6.09 Å². The normalized spacial score (nSPS) is 11.6. The fraction of sp³-hybridized carbons (Fsp3) is 0.350. The molecule has 0 spiro atoms. The molecule has 0 heterocycles. The van der Waals surface area contributed by atoms with Gasteiger partial charge in [0.15, 0.2) is 0 Å². The first kappa shape index (κ1) is 18.8. The van der Waals surface area contributed by atoms with Gasteiger partial charge < -0.3 is 19.9 Å². The van der Waals surface area contributed by atoms with Crippen molar-refractivity contribution in [1.29, 1.82) is 0 Å². The van der Waals surface area contributed by atoms with Gasteiger partial charge in [-0.25, -0.2) is 4.79 Å². The Morgan fingerprint density at radius 1 is 1.12 bits per heavy atom. The van der Waals surface area contributed by atoms with Crippen LogP contribution in [0.4, 0.5) is 4.79 Å². The molecule has 1 atom stereocenters. The van der Waals surface area contributed by atoms with E-state index in [4.69, 9.17) is 14.6 Å². The molecule has 0 saturated heterocycles. The van der Waals surface area contributed by atoms with E-state index >= 15 is 0 Å². The molecular formula is C20H25NO4. The number of nitrogens with one attached hydrogen (secondary N) is 1. The maximum Gasteiger partial charge on any atom is 0.407 e. The zero-order chi connectivity index (χ0) is 17.9. The minimum absolute atomic E-state index is 0.0247. The van der Waals surface area contributed by atoms with Crippen LogP contribution in [0.3, 0.4) is 0 Å². The van der Waals surface area contributed by atoms with E-state index in [1.165, 1.54) is 0 Å². The summed E-state index contributed by atoms with van der Waals surface area (Å²) in [5.41, 5.74) is 2.02. The maximum atomic E-state index is 11.7. The molecule has 134 valence electrons. The Bertz CT molecular complexity index is 645. The van der Waals surface area contributed by atoms with Gasteiger partial charge in [-0.3, -0.25) is 0 Å². The molecule has 0 saturated carbocycles. The van der Waals surface area contributed by atoms with Crippen LogP contribution in [0.5, 0.6) is 5.75 Å². The van der Waals surface area contributed by atoms with Crippen molar-refractivity contribution in [3.05, 3.63) is 65.7 Å². The zero-order valence-electron chi connectivity index (χ0n) is 14.5. The summed E-state index contributed by atoms with van der Waals surface area (Å²) in [5, 5.41) is 11.9. The van der Waals surface area contributed by atoms with Gasteiger partial charge in [0.05, 0.1) is 6.61 Å². The first-order chi connectivity index (χ1) is 12.2. The summed E-state index contributed by atoms with van der Waals surface area (Å²) in [5.74, 6) is 0.774. The highest BCUT2D eigenvalue weighted by Gasteiger charge is 2.08. The minimum atomic E-state index is -0.415. The van der Waals surface area contributed by atoms with E-state index in [0.29, 0.717) is 6.54 Å². The largest absolute Gasteiger partial charge is 0.488 e. The number of amides is 1. The van der Waals surface area contributed by atoms with E-state index in [1.54, 1.807) is 0 Å². The third-order valence-electron chi connectivity index (χ3n) is 3.66. The summed E-state index contributed by atoms with van der Waals surface area (Å²) in [6.45, 7) is 2.59. The molecule has 0 aliphatic rings. The number of para-hydroxylation sites is 1. The number of hydrogen-bond donors (Lipinski definition) is 2. The molecule has 2 aromatic rings. The molecule has 0 aliphatic carbocycles. The number of aliphatic hydroxyl groups excluding tert-OH is 1. The first-order valence-electron chi connectivity index (χ1n) is 8.49. The topological polar surface area (TPSA) is 67.8 Å². The van der Waals surface area contributed by atoms with Crippen molar-refractivity contribution in [2.24, 2.45) is 0 Å². The number of benzene rings is 2. The number of rotatable bonds is 9. The van der Waals surface area contributed by atoms with Crippen molar-refractivity contribution in [3.63, 3.8) is 0 Å². The second kappa shape index (κ2) is 10.4. The smallest absolute Gasteiger partial charge is 0.407 e. The predicted octanol–water partition coefficient (Wildman–Crippen LogP) is 3.31.